The Morgan fingerprint density at radius 3 is 1.45 bits per heavy atom. The van der Waals surface area contributed by atoms with Crippen LogP contribution in [0.2, 0.25) is 0 Å². The summed E-state index contributed by atoms with van der Waals surface area (Å²) in [7, 11) is 0. The van der Waals surface area contributed by atoms with Crippen molar-refractivity contribution in [2.75, 3.05) is 0 Å². The van der Waals surface area contributed by atoms with Gasteiger partial charge in [-0.15, -0.1) is 0 Å². The zero-order chi connectivity index (χ0) is 25.0. The van der Waals surface area contributed by atoms with E-state index in [0.717, 1.165) is 23.8 Å². The molecule has 10 heteroatoms. The van der Waals surface area contributed by atoms with Gasteiger partial charge in [0.25, 0.3) is 0 Å². The number of carboxylic acids is 3. The molecule has 0 aliphatic carbocycles. The van der Waals surface area contributed by atoms with Crippen molar-refractivity contribution >= 4 is 24.0 Å². The lowest BCUT2D eigenvalue weighted by Crippen LogP contribution is -1.94. The minimum atomic E-state index is -1.14. The van der Waals surface area contributed by atoms with E-state index in [1.165, 1.54) is 48.5 Å². The second-order valence-electron chi connectivity index (χ2n) is 6.12. The summed E-state index contributed by atoms with van der Waals surface area (Å²) in [4.78, 5) is 30.6. The summed E-state index contributed by atoms with van der Waals surface area (Å²) in [5.41, 5.74) is 0.869. The minimum Gasteiger partial charge on any atom is -0.508 e. The van der Waals surface area contributed by atoms with E-state index in [0.29, 0.717) is 0 Å². The molecular formula is C23H20O10. The second-order valence-corrected chi connectivity index (χ2v) is 6.12. The van der Waals surface area contributed by atoms with Gasteiger partial charge in [0.05, 0.1) is 11.1 Å². The van der Waals surface area contributed by atoms with Crippen molar-refractivity contribution in [2.45, 2.75) is 0 Å². The standard InChI is InChI=1S/C9H8O3.C7H6O4.C7H6O3/c10-8-4-1-7(2-5-8)3-6-9(11)12;8-5-2-1-4(7(10)11)3-6(5)9;8-6-3-1-5(2-4-6)7(9)10/h1-6,10H,(H,11,12);1-3,8-9H,(H,10,11);1-4,8H,(H,9,10)/b6-3+;;. The highest BCUT2D eigenvalue weighted by Crippen LogP contribution is 2.24. The molecule has 0 heterocycles. The van der Waals surface area contributed by atoms with Gasteiger partial charge in [0.15, 0.2) is 11.5 Å². The highest BCUT2D eigenvalue weighted by Gasteiger charge is 2.05. The number of phenols is 4. The molecule has 0 radical (unpaired) electrons. The fourth-order valence-electron chi connectivity index (χ4n) is 2.01. The summed E-state index contributed by atoms with van der Waals surface area (Å²) in [5, 5.41) is 60.4. The molecule has 0 fully saturated rings. The summed E-state index contributed by atoms with van der Waals surface area (Å²) >= 11 is 0. The molecule has 0 aliphatic rings. The first-order chi connectivity index (χ1) is 15.5. The van der Waals surface area contributed by atoms with Crippen LogP contribution in [-0.4, -0.2) is 53.7 Å². The predicted octanol–water partition coefficient (Wildman–Crippen LogP) is 3.38. The number of carboxylic acid groups (broad SMARTS) is 3. The van der Waals surface area contributed by atoms with Crippen LogP contribution in [0.3, 0.4) is 0 Å². The fraction of sp³-hybridized carbons (Fsp3) is 0. The highest BCUT2D eigenvalue weighted by atomic mass is 16.4. The second kappa shape index (κ2) is 12.6. The summed E-state index contributed by atoms with van der Waals surface area (Å²) in [6, 6.07) is 14.9. The minimum absolute atomic E-state index is 0.0553. The van der Waals surface area contributed by atoms with Crippen molar-refractivity contribution in [3.05, 3.63) is 89.5 Å². The molecule has 0 aliphatic heterocycles. The summed E-state index contributed by atoms with van der Waals surface area (Å²) in [5.74, 6) is -3.62. The van der Waals surface area contributed by atoms with E-state index in [1.807, 2.05) is 0 Å². The lowest BCUT2D eigenvalue weighted by atomic mass is 10.2. The molecule has 0 amide bonds. The van der Waals surface area contributed by atoms with Crippen LogP contribution in [0.15, 0.2) is 72.8 Å². The molecule has 0 atom stereocenters. The maximum atomic E-state index is 10.3. The number of benzene rings is 3. The Bertz CT molecular complexity index is 1120. The van der Waals surface area contributed by atoms with Crippen molar-refractivity contribution in [1.29, 1.82) is 0 Å². The van der Waals surface area contributed by atoms with Gasteiger partial charge < -0.3 is 35.7 Å². The molecule has 172 valence electrons. The first-order valence-corrected chi connectivity index (χ1v) is 8.97. The maximum absolute atomic E-state index is 10.3. The molecule has 33 heavy (non-hydrogen) atoms. The van der Waals surface area contributed by atoms with Crippen LogP contribution in [-0.2, 0) is 4.79 Å². The normalized spacial score (nSPS) is 9.70. The van der Waals surface area contributed by atoms with E-state index in [4.69, 9.17) is 35.7 Å². The van der Waals surface area contributed by atoms with Gasteiger partial charge in [0.1, 0.15) is 11.5 Å². The Morgan fingerprint density at radius 2 is 1.03 bits per heavy atom. The molecule has 0 spiro atoms. The number of aromatic hydroxyl groups is 4. The molecule has 3 rings (SSSR count). The Morgan fingerprint density at radius 1 is 0.576 bits per heavy atom. The topological polar surface area (TPSA) is 193 Å². The van der Waals surface area contributed by atoms with Crippen LogP contribution >= 0.6 is 0 Å². The third kappa shape index (κ3) is 10.0. The SMILES string of the molecule is O=C(O)/C=C/c1ccc(O)cc1.O=C(O)c1ccc(O)c(O)c1.O=C(O)c1ccc(O)cc1. The average Bonchev–Trinajstić information content (AvgIpc) is 2.76. The molecule has 10 nitrogen and oxygen atoms in total. The Balaban J connectivity index is 0.000000249. The van der Waals surface area contributed by atoms with Crippen molar-refractivity contribution in [1.82, 2.24) is 0 Å². The number of carbonyl (C=O) groups is 3. The van der Waals surface area contributed by atoms with Crippen molar-refractivity contribution in [2.24, 2.45) is 0 Å². The number of aromatic carboxylic acids is 2. The summed E-state index contributed by atoms with van der Waals surface area (Å²) in [6.45, 7) is 0. The van der Waals surface area contributed by atoms with Crippen LogP contribution in [0.1, 0.15) is 26.3 Å². The van der Waals surface area contributed by atoms with Gasteiger partial charge in [-0.05, 0) is 66.2 Å². The number of hydrogen-bond acceptors (Lipinski definition) is 7. The van der Waals surface area contributed by atoms with Crippen molar-refractivity contribution in [3.63, 3.8) is 0 Å². The molecule has 3 aromatic rings. The molecule has 0 bridgehead atoms. The van der Waals surface area contributed by atoms with Gasteiger partial charge in [0.2, 0.25) is 0 Å². The first kappa shape index (κ1) is 26.0. The Kier molecular flexibility index (Phi) is 9.98. The third-order valence-electron chi connectivity index (χ3n) is 3.65. The molecule has 0 unspecified atom stereocenters. The van der Waals surface area contributed by atoms with Crippen LogP contribution in [0.25, 0.3) is 6.08 Å². The number of hydrogen-bond donors (Lipinski definition) is 7. The van der Waals surface area contributed by atoms with Crippen LogP contribution in [0.5, 0.6) is 23.0 Å². The third-order valence-corrected chi connectivity index (χ3v) is 3.65. The van der Waals surface area contributed by atoms with Crippen molar-refractivity contribution < 1.29 is 50.1 Å². The van der Waals surface area contributed by atoms with E-state index >= 15 is 0 Å². The Labute approximate surface area is 187 Å². The fourth-order valence-corrected chi connectivity index (χ4v) is 2.01. The maximum Gasteiger partial charge on any atom is 0.335 e. The zero-order valence-corrected chi connectivity index (χ0v) is 16.9. The van der Waals surface area contributed by atoms with E-state index < -0.39 is 23.7 Å². The molecule has 3 aromatic carbocycles. The van der Waals surface area contributed by atoms with Crippen LogP contribution in [0, 0.1) is 0 Å². The zero-order valence-electron chi connectivity index (χ0n) is 16.9. The van der Waals surface area contributed by atoms with Gasteiger partial charge in [-0.2, -0.15) is 0 Å². The lowest BCUT2D eigenvalue weighted by molar-refractivity contribution is -0.131. The van der Waals surface area contributed by atoms with Gasteiger partial charge in [-0.1, -0.05) is 12.1 Å². The smallest absolute Gasteiger partial charge is 0.335 e. The van der Waals surface area contributed by atoms with Gasteiger partial charge in [-0.25, -0.2) is 14.4 Å². The highest BCUT2D eigenvalue weighted by molar-refractivity contribution is 5.88. The summed E-state index contributed by atoms with van der Waals surface area (Å²) in [6.07, 6.45) is 2.51. The van der Waals surface area contributed by atoms with Crippen molar-refractivity contribution in [3.8, 4) is 23.0 Å². The largest absolute Gasteiger partial charge is 0.508 e. The van der Waals surface area contributed by atoms with Gasteiger partial charge >= 0.3 is 17.9 Å². The number of phenolic OH excluding ortho intramolecular Hbond substituents is 4. The predicted molar refractivity (Wildman–Crippen MR) is 117 cm³/mol. The Hall–Kier alpha value is -4.99. The summed E-state index contributed by atoms with van der Waals surface area (Å²) < 4.78 is 0. The first-order valence-electron chi connectivity index (χ1n) is 8.97. The lowest BCUT2D eigenvalue weighted by Gasteiger charge is -1.97. The molecular weight excluding hydrogens is 436 g/mol. The molecule has 0 saturated carbocycles. The monoisotopic (exact) mass is 456 g/mol. The van der Waals surface area contributed by atoms with Crippen LogP contribution < -0.4 is 0 Å². The van der Waals surface area contributed by atoms with E-state index in [9.17, 15) is 14.4 Å². The van der Waals surface area contributed by atoms with E-state index in [2.05, 4.69) is 0 Å². The van der Waals surface area contributed by atoms with Gasteiger partial charge in [-0.3, -0.25) is 0 Å². The quantitative estimate of drug-likeness (QED) is 0.226. The number of aliphatic carboxylic acids is 1. The number of rotatable bonds is 4. The average molecular weight is 456 g/mol. The van der Waals surface area contributed by atoms with Gasteiger partial charge in [0, 0.05) is 6.08 Å². The van der Waals surface area contributed by atoms with Crippen LogP contribution in [0.4, 0.5) is 0 Å². The molecule has 7 N–H and O–H groups in total. The molecule has 0 aromatic heterocycles. The van der Waals surface area contributed by atoms with E-state index in [1.54, 1.807) is 12.1 Å². The van der Waals surface area contributed by atoms with E-state index in [-0.39, 0.29) is 28.4 Å². The molecule has 0 saturated heterocycles.